The van der Waals surface area contributed by atoms with E-state index in [0.29, 0.717) is 24.9 Å². The standard InChI is InChI=1S/C15H26N4O2/c1-11(2)5-7-18-8-6-14(17-18)16-15(20)19-9-10-21-13(4)12(19)3/h6,8,11-13H,5,7,9-10H2,1-4H3,(H,16,17,20). The van der Waals surface area contributed by atoms with Gasteiger partial charge in [0, 0.05) is 25.4 Å². The van der Waals surface area contributed by atoms with Gasteiger partial charge in [0.15, 0.2) is 5.82 Å². The molecule has 6 heteroatoms. The number of amides is 2. The van der Waals surface area contributed by atoms with Gasteiger partial charge in [0.05, 0.1) is 18.8 Å². The summed E-state index contributed by atoms with van der Waals surface area (Å²) in [6.45, 7) is 10.4. The van der Waals surface area contributed by atoms with E-state index >= 15 is 0 Å². The molecule has 2 unspecified atom stereocenters. The summed E-state index contributed by atoms with van der Waals surface area (Å²) in [5.74, 6) is 1.25. The number of carbonyl (C=O) groups is 1. The molecule has 1 aliphatic rings. The topological polar surface area (TPSA) is 59.4 Å². The molecule has 1 saturated heterocycles. The van der Waals surface area contributed by atoms with Crippen molar-refractivity contribution in [1.82, 2.24) is 14.7 Å². The Morgan fingerprint density at radius 2 is 2.29 bits per heavy atom. The van der Waals surface area contributed by atoms with Crippen molar-refractivity contribution in [2.75, 3.05) is 18.5 Å². The number of hydrogen-bond acceptors (Lipinski definition) is 3. The summed E-state index contributed by atoms with van der Waals surface area (Å²) in [6, 6.07) is 1.81. The molecule has 0 bridgehead atoms. The zero-order valence-electron chi connectivity index (χ0n) is 13.4. The molecule has 1 fully saturated rings. The first-order valence-corrected chi connectivity index (χ1v) is 7.70. The van der Waals surface area contributed by atoms with Crippen molar-refractivity contribution in [3.05, 3.63) is 12.3 Å². The SMILES string of the molecule is CC(C)CCn1ccc(NC(=O)N2CCOC(C)C2C)n1. The second-order valence-electron chi connectivity index (χ2n) is 6.09. The fourth-order valence-electron chi connectivity index (χ4n) is 2.34. The first kappa shape index (κ1) is 15.8. The monoisotopic (exact) mass is 294 g/mol. The van der Waals surface area contributed by atoms with Crippen LogP contribution in [0.5, 0.6) is 0 Å². The lowest BCUT2D eigenvalue weighted by atomic mass is 10.1. The molecule has 118 valence electrons. The largest absolute Gasteiger partial charge is 0.375 e. The molecule has 6 nitrogen and oxygen atoms in total. The van der Waals surface area contributed by atoms with Gasteiger partial charge in [-0.25, -0.2) is 4.79 Å². The van der Waals surface area contributed by atoms with Gasteiger partial charge < -0.3 is 9.64 Å². The van der Waals surface area contributed by atoms with Crippen LogP contribution in [0.3, 0.4) is 0 Å². The van der Waals surface area contributed by atoms with E-state index in [2.05, 4.69) is 24.3 Å². The number of rotatable bonds is 4. The molecule has 0 spiro atoms. The van der Waals surface area contributed by atoms with Gasteiger partial charge in [-0.15, -0.1) is 0 Å². The minimum atomic E-state index is -0.105. The van der Waals surface area contributed by atoms with Gasteiger partial charge in [0.2, 0.25) is 0 Å². The molecule has 0 radical (unpaired) electrons. The van der Waals surface area contributed by atoms with Crippen LogP contribution in [0.1, 0.15) is 34.1 Å². The average Bonchev–Trinajstić information content (AvgIpc) is 2.87. The summed E-state index contributed by atoms with van der Waals surface area (Å²) >= 11 is 0. The second kappa shape index (κ2) is 6.93. The molecule has 2 amide bonds. The number of nitrogens with zero attached hydrogens (tertiary/aromatic N) is 3. The van der Waals surface area contributed by atoms with Crippen LogP contribution in [0.25, 0.3) is 0 Å². The minimum Gasteiger partial charge on any atom is -0.375 e. The number of urea groups is 1. The van der Waals surface area contributed by atoms with Crippen molar-refractivity contribution in [3.8, 4) is 0 Å². The molecular weight excluding hydrogens is 268 g/mol. The maximum absolute atomic E-state index is 12.3. The van der Waals surface area contributed by atoms with Crippen LogP contribution in [0.4, 0.5) is 10.6 Å². The van der Waals surface area contributed by atoms with Gasteiger partial charge in [-0.1, -0.05) is 13.8 Å². The van der Waals surface area contributed by atoms with E-state index in [4.69, 9.17) is 4.74 Å². The van der Waals surface area contributed by atoms with Crippen LogP contribution in [-0.2, 0) is 11.3 Å². The second-order valence-corrected chi connectivity index (χ2v) is 6.09. The van der Waals surface area contributed by atoms with Crippen LogP contribution in [0, 0.1) is 5.92 Å². The summed E-state index contributed by atoms with van der Waals surface area (Å²) in [5, 5.41) is 7.26. The van der Waals surface area contributed by atoms with Crippen LogP contribution in [0.15, 0.2) is 12.3 Å². The Bertz CT molecular complexity index is 472. The molecule has 1 aliphatic heterocycles. The Kier molecular flexibility index (Phi) is 5.22. The number of aryl methyl sites for hydroxylation is 1. The molecule has 0 saturated carbocycles. The molecule has 1 N–H and O–H groups in total. The van der Waals surface area contributed by atoms with E-state index in [-0.39, 0.29) is 18.2 Å². The zero-order chi connectivity index (χ0) is 15.4. The van der Waals surface area contributed by atoms with E-state index < -0.39 is 0 Å². The molecule has 2 atom stereocenters. The molecular formula is C15H26N4O2. The quantitative estimate of drug-likeness (QED) is 0.928. The number of hydrogen-bond donors (Lipinski definition) is 1. The van der Waals surface area contributed by atoms with Gasteiger partial charge in [-0.05, 0) is 26.2 Å². The summed E-state index contributed by atoms with van der Waals surface area (Å²) in [7, 11) is 0. The van der Waals surface area contributed by atoms with Crippen LogP contribution in [0.2, 0.25) is 0 Å². The van der Waals surface area contributed by atoms with Gasteiger partial charge in [-0.3, -0.25) is 10.00 Å². The molecule has 2 heterocycles. The van der Waals surface area contributed by atoms with Gasteiger partial charge in [0.25, 0.3) is 0 Å². The third kappa shape index (κ3) is 4.20. The van der Waals surface area contributed by atoms with Crippen molar-refractivity contribution in [1.29, 1.82) is 0 Å². The highest BCUT2D eigenvalue weighted by molar-refractivity contribution is 5.88. The van der Waals surface area contributed by atoms with Crippen LogP contribution in [-0.4, -0.2) is 46.0 Å². The molecule has 0 aliphatic carbocycles. The summed E-state index contributed by atoms with van der Waals surface area (Å²) < 4.78 is 7.41. The van der Waals surface area contributed by atoms with Crippen molar-refractivity contribution in [2.45, 2.75) is 52.8 Å². The van der Waals surface area contributed by atoms with E-state index in [9.17, 15) is 4.79 Å². The Morgan fingerprint density at radius 3 is 3.00 bits per heavy atom. The van der Waals surface area contributed by atoms with Crippen molar-refractivity contribution in [2.24, 2.45) is 5.92 Å². The molecule has 2 rings (SSSR count). The highest BCUT2D eigenvalue weighted by Crippen LogP contribution is 2.15. The maximum atomic E-state index is 12.3. The fraction of sp³-hybridized carbons (Fsp3) is 0.733. The summed E-state index contributed by atoms with van der Waals surface area (Å²) in [6.07, 6.45) is 3.05. The number of carbonyl (C=O) groups excluding carboxylic acids is 1. The van der Waals surface area contributed by atoms with E-state index in [1.807, 2.05) is 30.8 Å². The van der Waals surface area contributed by atoms with Crippen molar-refractivity contribution >= 4 is 11.8 Å². The number of morpholine rings is 1. The third-order valence-corrected chi connectivity index (χ3v) is 3.96. The van der Waals surface area contributed by atoms with E-state index in [0.717, 1.165) is 13.0 Å². The number of anilines is 1. The predicted molar refractivity (Wildman–Crippen MR) is 82.3 cm³/mol. The molecule has 1 aromatic rings. The lowest BCUT2D eigenvalue weighted by Gasteiger charge is -2.37. The minimum absolute atomic E-state index is 0.0631. The fourth-order valence-corrected chi connectivity index (χ4v) is 2.34. The zero-order valence-corrected chi connectivity index (χ0v) is 13.4. The first-order chi connectivity index (χ1) is 9.97. The number of aromatic nitrogens is 2. The number of ether oxygens (including phenoxy) is 1. The van der Waals surface area contributed by atoms with Gasteiger partial charge in [-0.2, -0.15) is 5.10 Å². The Morgan fingerprint density at radius 1 is 1.52 bits per heavy atom. The Balaban J connectivity index is 1.90. The highest BCUT2D eigenvalue weighted by atomic mass is 16.5. The first-order valence-electron chi connectivity index (χ1n) is 7.70. The van der Waals surface area contributed by atoms with Crippen molar-refractivity contribution in [3.63, 3.8) is 0 Å². The lowest BCUT2D eigenvalue weighted by molar-refractivity contribution is -0.0355. The van der Waals surface area contributed by atoms with Crippen LogP contribution >= 0.6 is 0 Å². The van der Waals surface area contributed by atoms with Gasteiger partial charge in [0.1, 0.15) is 0 Å². The average molecular weight is 294 g/mol. The van der Waals surface area contributed by atoms with Crippen LogP contribution < -0.4 is 5.32 Å². The van der Waals surface area contributed by atoms with Gasteiger partial charge >= 0.3 is 6.03 Å². The van der Waals surface area contributed by atoms with E-state index in [1.54, 1.807) is 4.90 Å². The maximum Gasteiger partial charge on any atom is 0.323 e. The van der Waals surface area contributed by atoms with Crippen molar-refractivity contribution < 1.29 is 9.53 Å². The predicted octanol–water partition coefficient (Wildman–Crippen LogP) is 2.57. The normalized spacial score (nSPS) is 22.6. The molecule has 0 aromatic carbocycles. The third-order valence-electron chi connectivity index (χ3n) is 3.96. The lowest BCUT2D eigenvalue weighted by Crippen LogP contribution is -2.52. The summed E-state index contributed by atoms with van der Waals surface area (Å²) in [4.78, 5) is 14.1. The van der Waals surface area contributed by atoms with E-state index in [1.165, 1.54) is 0 Å². The smallest absolute Gasteiger partial charge is 0.323 e. The molecule has 21 heavy (non-hydrogen) atoms. The Hall–Kier alpha value is -1.56. The molecule has 1 aromatic heterocycles. The Labute approximate surface area is 126 Å². The highest BCUT2D eigenvalue weighted by Gasteiger charge is 2.29. The number of nitrogens with one attached hydrogen (secondary N) is 1. The summed E-state index contributed by atoms with van der Waals surface area (Å²) in [5.41, 5.74) is 0.